The Morgan fingerprint density at radius 3 is 2.00 bits per heavy atom. The number of alkyl halides is 9. The molecule has 0 amide bonds. The van der Waals surface area contributed by atoms with Crippen LogP contribution in [0.15, 0.2) is 65.7 Å². The second kappa shape index (κ2) is 18.7. The summed E-state index contributed by atoms with van der Waals surface area (Å²) < 4.78 is 154. The fourth-order valence-electron chi connectivity index (χ4n) is 6.46. The first-order chi connectivity index (χ1) is 25.8. The van der Waals surface area contributed by atoms with Gasteiger partial charge in [0.15, 0.2) is 15.6 Å². The number of aliphatic carboxylic acids is 1. The van der Waals surface area contributed by atoms with Crippen LogP contribution in [0.4, 0.5) is 45.2 Å². The Kier molecular flexibility index (Phi) is 15.3. The lowest BCUT2D eigenvalue weighted by Gasteiger charge is -2.36. The van der Waals surface area contributed by atoms with Crippen molar-refractivity contribution in [1.29, 1.82) is 0 Å². The molecular weight excluding hydrogens is 783 g/mol. The summed E-state index contributed by atoms with van der Waals surface area (Å²) in [6.45, 7) is 6.65. The van der Waals surface area contributed by atoms with Crippen LogP contribution in [-0.4, -0.2) is 62.3 Å². The molecule has 0 radical (unpaired) electrons. The van der Waals surface area contributed by atoms with Crippen LogP contribution in [-0.2, 0) is 44.4 Å². The molecule has 0 spiro atoms. The van der Waals surface area contributed by atoms with E-state index in [2.05, 4.69) is 11.6 Å². The molecule has 0 saturated heterocycles. The molecule has 1 fully saturated rings. The highest BCUT2D eigenvalue weighted by Crippen LogP contribution is 2.41. The normalized spacial score (nSPS) is 17.8. The summed E-state index contributed by atoms with van der Waals surface area (Å²) in [4.78, 5) is 18.3. The summed E-state index contributed by atoms with van der Waals surface area (Å²) in [5, 5.41) is 9.19. The Bertz CT molecular complexity index is 1820. The highest BCUT2D eigenvalue weighted by Gasteiger charge is 2.38. The van der Waals surface area contributed by atoms with Crippen molar-refractivity contribution in [3.8, 4) is 0 Å². The number of carbonyl (C=O) groups is 1. The second-order valence-electron chi connectivity index (χ2n) is 13.7. The lowest BCUT2D eigenvalue weighted by atomic mass is 9.80. The maximum absolute atomic E-state index is 14.1. The van der Waals surface area contributed by atoms with Crippen LogP contribution in [0.5, 0.6) is 0 Å². The number of sulfone groups is 1. The number of hydrogen-bond donors (Lipinski definition) is 2. The molecule has 1 saturated carbocycles. The molecule has 2 aromatic carbocycles. The highest BCUT2D eigenvalue weighted by molar-refractivity contribution is 7.90. The van der Waals surface area contributed by atoms with Gasteiger partial charge in [-0.1, -0.05) is 6.58 Å². The third-order valence-electron chi connectivity index (χ3n) is 9.50. The number of halogens is 9. The van der Waals surface area contributed by atoms with E-state index >= 15 is 0 Å². The largest absolute Gasteiger partial charge is 0.489 e. The fourth-order valence-corrected chi connectivity index (χ4v) is 6.84. The Labute approximate surface area is 319 Å². The minimum Gasteiger partial charge on any atom is -0.489 e. The number of carboxylic acids is 1. The molecule has 0 aliphatic heterocycles. The molecule has 3 rings (SSSR count). The molecule has 1 aliphatic rings. The van der Waals surface area contributed by atoms with E-state index in [0.29, 0.717) is 56.6 Å². The maximum atomic E-state index is 14.1. The lowest BCUT2D eigenvalue weighted by Crippen LogP contribution is -2.33. The minimum atomic E-state index is -5.19. The van der Waals surface area contributed by atoms with Crippen LogP contribution in [0.1, 0.15) is 79.8 Å². The molecule has 1 atom stereocenters. The maximum Gasteiger partial charge on any atom is 0.416 e. The molecule has 9 nitrogen and oxygen atoms in total. The number of carboxylic acid groups (broad SMARTS) is 1. The third kappa shape index (κ3) is 13.7. The van der Waals surface area contributed by atoms with Crippen LogP contribution in [0.3, 0.4) is 0 Å². The number of benzene rings is 2. The first kappa shape index (κ1) is 46.0. The zero-order chi connectivity index (χ0) is 42.2. The van der Waals surface area contributed by atoms with Crippen LogP contribution in [0.2, 0.25) is 0 Å². The fraction of sp³-hybridized carbons (Fsp3) is 0.514. The number of hydrogen-bond acceptors (Lipinski definition) is 8. The van der Waals surface area contributed by atoms with Crippen molar-refractivity contribution in [2.24, 2.45) is 22.6 Å². The summed E-state index contributed by atoms with van der Waals surface area (Å²) in [7, 11) is -3.45. The molecule has 56 heavy (non-hydrogen) atoms. The predicted molar refractivity (Wildman–Crippen MR) is 193 cm³/mol. The van der Waals surface area contributed by atoms with E-state index in [-0.39, 0.29) is 48.1 Å². The second-order valence-corrected chi connectivity index (χ2v) is 16.0. The van der Waals surface area contributed by atoms with E-state index in [9.17, 15) is 57.8 Å². The number of ether oxygens (including phenoxy) is 1. The van der Waals surface area contributed by atoms with E-state index < -0.39 is 74.9 Å². The van der Waals surface area contributed by atoms with Gasteiger partial charge in [-0.15, -0.1) is 0 Å². The van der Waals surface area contributed by atoms with Crippen LogP contribution < -0.4 is 10.6 Å². The van der Waals surface area contributed by atoms with Crippen molar-refractivity contribution in [3.05, 3.63) is 88.6 Å². The number of anilines is 1. The van der Waals surface area contributed by atoms with E-state index in [4.69, 9.17) is 10.5 Å². The summed E-state index contributed by atoms with van der Waals surface area (Å²) in [5.74, 6) is -1.77. The average molecular weight is 829 g/mol. The van der Waals surface area contributed by atoms with E-state index in [1.807, 2.05) is 4.90 Å². The minimum absolute atomic E-state index is 0.00417. The molecule has 19 heteroatoms. The Morgan fingerprint density at radius 1 is 0.964 bits per heavy atom. The first-order valence-corrected chi connectivity index (χ1v) is 19.6. The lowest BCUT2D eigenvalue weighted by molar-refractivity contribution is -0.143. The van der Waals surface area contributed by atoms with Gasteiger partial charge in [0.1, 0.15) is 12.4 Å². The highest BCUT2D eigenvalue weighted by atomic mass is 32.2. The molecule has 0 heterocycles. The van der Waals surface area contributed by atoms with Crippen molar-refractivity contribution in [3.63, 3.8) is 0 Å². The number of nitrogens with zero attached hydrogens (tertiary/aromatic N) is 3. The molecule has 0 unspecified atom stereocenters. The van der Waals surface area contributed by atoms with Gasteiger partial charge in [-0.25, -0.2) is 13.4 Å². The van der Waals surface area contributed by atoms with Crippen molar-refractivity contribution in [1.82, 2.24) is 4.90 Å². The summed E-state index contributed by atoms with van der Waals surface area (Å²) in [6.07, 6.45) is -9.71. The number of aliphatic imine (C=N–C) groups is 1. The monoisotopic (exact) mass is 828 g/mol. The van der Waals surface area contributed by atoms with Crippen LogP contribution in [0.25, 0.3) is 0 Å². The van der Waals surface area contributed by atoms with Gasteiger partial charge in [-0.05, 0) is 98.9 Å². The van der Waals surface area contributed by atoms with Crippen LogP contribution in [0, 0.1) is 11.8 Å². The van der Waals surface area contributed by atoms with Gasteiger partial charge < -0.3 is 25.4 Å². The van der Waals surface area contributed by atoms with Crippen LogP contribution >= 0.6 is 0 Å². The molecule has 0 bridgehead atoms. The molecule has 312 valence electrons. The van der Waals surface area contributed by atoms with E-state index in [1.165, 1.54) is 13.0 Å². The summed E-state index contributed by atoms with van der Waals surface area (Å²) >= 11 is 0. The van der Waals surface area contributed by atoms with Gasteiger partial charge in [0.05, 0.1) is 34.7 Å². The van der Waals surface area contributed by atoms with Gasteiger partial charge in [-0.2, -0.15) is 39.5 Å². The third-order valence-corrected chi connectivity index (χ3v) is 10.4. The van der Waals surface area contributed by atoms with Crippen molar-refractivity contribution < 1.29 is 62.6 Å². The predicted octanol–water partition coefficient (Wildman–Crippen LogP) is 8.82. The van der Waals surface area contributed by atoms with Gasteiger partial charge in [0, 0.05) is 44.2 Å². The molecule has 1 aliphatic carbocycles. The molecule has 0 aromatic heterocycles. The molecule has 3 N–H and O–H groups in total. The average Bonchev–Trinajstić information content (AvgIpc) is 3.09. The topological polar surface area (TPSA) is 126 Å². The molecule has 2 aromatic rings. The number of nitrogens with two attached hydrogens (primary N) is 1. The van der Waals surface area contributed by atoms with E-state index in [1.54, 1.807) is 6.92 Å². The van der Waals surface area contributed by atoms with Crippen molar-refractivity contribution >= 4 is 27.7 Å². The standard InChI is InChI=1S/C37H45F9N4O5S/c1-5-49(21-26-8-6-25(7-9-26)14-34(51)52)33-11-10-29(35(38,39)40)17-28(33)22-50(24(3)48-20-32(19-47)55-12-13-56(4,53)54)23(2)27-15-30(36(41,42)43)18-31(16-27)37(44,45)46/h10-11,15-20,23,25-26H,3,5-9,12-14,21-22,47H2,1-2,4H3,(H,51,52)/b32-19+,48-20-/t23-,25-,26-/m0/s1. The van der Waals surface area contributed by atoms with Gasteiger partial charge in [0.2, 0.25) is 0 Å². The van der Waals surface area contributed by atoms with Gasteiger partial charge >= 0.3 is 24.5 Å². The van der Waals surface area contributed by atoms with E-state index in [0.717, 1.165) is 35.7 Å². The Balaban J connectivity index is 2.14. The van der Waals surface area contributed by atoms with Crippen molar-refractivity contribution in [2.75, 3.05) is 36.6 Å². The summed E-state index contributed by atoms with van der Waals surface area (Å²) in [6, 6.07) is 2.54. The zero-order valence-electron chi connectivity index (χ0n) is 30.9. The smallest absolute Gasteiger partial charge is 0.416 e. The van der Waals surface area contributed by atoms with Gasteiger partial charge in [-0.3, -0.25) is 4.79 Å². The quantitative estimate of drug-likeness (QED) is 0.0922. The van der Waals surface area contributed by atoms with Crippen molar-refractivity contribution in [2.45, 2.75) is 77.1 Å². The zero-order valence-corrected chi connectivity index (χ0v) is 31.8. The summed E-state index contributed by atoms with van der Waals surface area (Å²) in [5.41, 5.74) is 1.13. The number of allylic oxidation sites excluding steroid dienone is 1. The van der Waals surface area contributed by atoms with Gasteiger partial charge in [0.25, 0.3) is 0 Å². The number of rotatable bonds is 17. The first-order valence-electron chi connectivity index (χ1n) is 17.5. The Morgan fingerprint density at radius 2 is 1.52 bits per heavy atom. The Hall–Kier alpha value is -4.42. The SMILES string of the molecule is C=C(/N=C\C(=C/N)OCCS(C)(=O)=O)N(Cc1cc(C(F)(F)F)ccc1N(CC)C[C@H]1CC[C@H](CC(=O)O)CC1)[C@@H](C)c1cc(C(F)(F)F)cc(C(F)(F)F)c1. The molecular formula is C37H45F9N4O5S.